The summed E-state index contributed by atoms with van der Waals surface area (Å²) in [6, 6.07) is 0.844. The molecule has 1 atom stereocenters. The lowest BCUT2D eigenvalue weighted by atomic mass is 10.0. The van der Waals surface area contributed by atoms with Crippen molar-refractivity contribution in [1.82, 2.24) is 4.90 Å². The third-order valence-electron chi connectivity index (χ3n) is 5.73. The predicted molar refractivity (Wildman–Crippen MR) is 117 cm³/mol. The van der Waals surface area contributed by atoms with Gasteiger partial charge in [0.05, 0.1) is 0 Å². The minimum absolute atomic E-state index is 0.844. The fourth-order valence-electron chi connectivity index (χ4n) is 3.89. The predicted octanol–water partition coefficient (Wildman–Crippen LogP) is 8.37. The Balaban J connectivity index is 3.68. The number of rotatable bonds is 20. The molecule has 25 heavy (non-hydrogen) atoms. The summed E-state index contributed by atoms with van der Waals surface area (Å²) in [5.74, 6) is 0. The molecule has 0 N–H and O–H groups in total. The van der Waals surface area contributed by atoms with Gasteiger partial charge >= 0.3 is 0 Å². The molecule has 0 aliphatic rings. The van der Waals surface area contributed by atoms with Gasteiger partial charge in [0.25, 0.3) is 0 Å². The monoisotopic (exact) mass is 353 g/mol. The van der Waals surface area contributed by atoms with Crippen LogP contribution in [0.4, 0.5) is 0 Å². The van der Waals surface area contributed by atoms with Gasteiger partial charge in [-0.3, -0.25) is 0 Å². The van der Waals surface area contributed by atoms with Crippen LogP contribution in [0.5, 0.6) is 0 Å². The molecule has 0 aromatic heterocycles. The Kier molecular flexibility index (Phi) is 20.2. The zero-order chi connectivity index (χ0) is 18.6. The third-order valence-corrected chi connectivity index (χ3v) is 5.73. The van der Waals surface area contributed by atoms with Crippen molar-refractivity contribution in [1.29, 1.82) is 0 Å². The second-order valence-corrected chi connectivity index (χ2v) is 8.13. The summed E-state index contributed by atoms with van der Waals surface area (Å²) >= 11 is 0. The van der Waals surface area contributed by atoms with Gasteiger partial charge in [0.1, 0.15) is 0 Å². The maximum atomic E-state index is 2.81. The molecule has 0 amide bonds. The van der Waals surface area contributed by atoms with Crippen molar-refractivity contribution in [2.75, 3.05) is 13.1 Å². The first kappa shape index (κ1) is 25.0. The van der Waals surface area contributed by atoms with Crippen LogP contribution in [0.25, 0.3) is 0 Å². The second-order valence-electron chi connectivity index (χ2n) is 8.13. The Morgan fingerprint density at radius 1 is 0.480 bits per heavy atom. The maximum Gasteiger partial charge on any atom is 0.00926 e. The van der Waals surface area contributed by atoms with Crippen molar-refractivity contribution in [3.8, 4) is 0 Å². The average Bonchev–Trinajstić information content (AvgIpc) is 2.63. The van der Waals surface area contributed by atoms with E-state index < -0.39 is 0 Å². The fourth-order valence-corrected chi connectivity index (χ4v) is 3.89. The van der Waals surface area contributed by atoms with Gasteiger partial charge < -0.3 is 4.90 Å². The Labute approximate surface area is 161 Å². The van der Waals surface area contributed by atoms with E-state index in [-0.39, 0.29) is 0 Å². The van der Waals surface area contributed by atoms with Crippen molar-refractivity contribution >= 4 is 0 Å². The largest absolute Gasteiger partial charge is 0.300 e. The van der Waals surface area contributed by atoms with Gasteiger partial charge in [-0.05, 0) is 38.8 Å². The maximum absolute atomic E-state index is 2.81. The molecule has 1 nitrogen and oxygen atoms in total. The van der Waals surface area contributed by atoms with E-state index in [0.717, 1.165) is 6.04 Å². The molecule has 0 aromatic carbocycles. The van der Waals surface area contributed by atoms with Gasteiger partial charge in [0, 0.05) is 6.04 Å². The van der Waals surface area contributed by atoms with E-state index in [0.29, 0.717) is 0 Å². The highest BCUT2D eigenvalue weighted by Crippen LogP contribution is 2.17. The van der Waals surface area contributed by atoms with Crippen molar-refractivity contribution in [2.24, 2.45) is 0 Å². The van der Waals surface area contributed by atoms with Crippen LogP contribution in [-0.4, -0.2) is 24.0 Å². The van der Waals surface area contributed by atoms with Crippen LogP contribution in [0.1, 0.15) is 137 Å². The van der Waals surface area contributed by atoms with Crippen LogP contribution in [0, 0.1) is 0 Å². The summed E-state index contributed by atoms with van der Waals surface area (Å²) < 4.78 is 0. The summed E-state index contributed by atoms with van der Waals surface area (Å²) in [7, 11) is 0. The number of nitrogens with zero attached hydrogens (tertiary/aromatic N) is 1. The Morgan fingerprint density at radius 3 is 1.28 bits per heavy atom. The SMILES string of the molecule is CCCCCCCCCCCCCC(CC)N(CCCC)CCCC. The van der Waals surface area contributed by atoms with E-state index in [1.165, 1.54) is 122 Å². The molecule has 0 aliphatic heterocycles. The summed E-state index contributed by atoms with van der Waals surface area (Å²) in [5.41, 5.74) is 0. The van der Waals surface area contributed by atoms with E-state index in [2.05, 4.69) is 32.6 Å². The zero-order valence-electron chi connectivity index (χ0n) is 18.5. The van der Waals surface area contributed by atoms with Crippen LogP contribution >= 0.6 is 0 Å². The van der Waals surface area contributed by atoms with Gasteiger partial charge in [0.15, 0.2) is 0 Å². The van der Waals surface area contributed by atoms with Crippen molar-refractivity contribution in [2.45, 2.75) is 143 Å². The molecular weight excluding hydrogens is 302 g/mol. The third kappa shape index (κ3) is 15.9. The molecule has 0 aliphatic carbocycles. The van der Waals surface area contributed by atoms with E-state index in [4.69, 9.17) is 0 Å². The van der Waals surface area contributed by atoms with E-state index in [1.807, 2.05) is 0 Å². The van der Waals surface area contributed by atoms with E-state index >= 15 is 0 Å². The quantitative estimate of drug-likeness (QED) is 0.199. The van der Waals surface area contributed by atoms with Crippen LogP contribution in [0.15, 0.2) is 0 Å². The minimum Gasteiger partial charge on any atom is -0.300 e. The first-order chi connectivity index (χ1) is 12.3. The van der Waals surface area contributed by atoms with E-state index in [9.17, 15) is 0 Å². The summed E-state index contributed by atoms with van der Waals surface area (Å²) in [6.45, 7) is 12.0. The summed E-state index contributed by atoms with van der Waals surface area (Å²) in [6.07, 6.45) is 24.2. The molecule has 1 unspecified atom stereocenters. The highest BCUT2D eigenvalue weighted by molar-refractivity contribution is 4.71. The zero-order valence-corrected chi connectivity index (χ0v) is 18.5. The Hall–Kier alpha value is -0.0400. The van der Waals surface area contributed by atoms with Gasteiger partial charge in [-0.15, -0.1) is 0 Å². The van der Waals surface area contributed by atoms with Gasteiger partial charge in [-0.2, -0.15) is 0 Å². The lowest BCUT2D eigenvalue weighted by Gasteiger charge is -2.31. The average molecular weight is 354 g/mol. The normalized spacial score (nSPS) is 12.8. The Bertz CT molecular complexity index is 230. The molecule has 0 radical (unpaired) electrons. The lowest BCUT2D eigenvalue weighted by Crippen LogP contribution is -2.36. The van der Waals surface area contributed by atoms with Gasteiger partial charge in [0.2, 0.25) is 0 Å². The standard InChI is InChI=1S/C24H51N/c1-5-9-12-13-14-15-16-17-18-19-20-21-24(8-4)25(22-10-6-2)23-11-7-3/h24H,5-23H2,1-4H3. The molecule has 0 aromatic rings. The molecule has 0 bridgehead atoms. The molecule has 0 saturated heterocycles. The number of unbranched alkanes of at least 4 members (excludes halogenated alkanes) is 12. The minimum atomic E-state index is 0.844. The van der Waals surface area contributed by atoms with E-state index in [1.54, 1.807) is 0 Å². The van der Waals surface area contributed by atoms with Crippen molar-refractivity contribution < 1.29 is 0 Å². The van der Waals surface area contributed by atoms with Crippen LogP contribution in [-0.2, 0) is 0 Å². The van der Waals surface area contributed by atoms with Crippen LogP contribution in [0.2, 0.25) is 0 Å². The van der Waals surface area contributed by atoms with Crippen LogP contribution < -0.4 is 0 Å². The first-order valence-corrected chi connectivity index (χ1v) is 12.0. The van der Waals surface area contributed by atoms with Gasteiger partial charge in [-0.25, -0.2) is 0 Å². The summed E-state index contributed by atoms with van der Waals surface area (Å²) in [5, 5.41) is 0. The molecule has 0 rings (SSSR count). The smallest absolute Gasteiger partial charge is 0.00926 e. The molecule has 0 saturated carbocycles. The molecule has 0 fully saturated rings. The number of hydrogen-bond donors (Lipinski definition) is 0. The Morgan fingerprint density at radius 2 is 0.880 bits per heavy atom. The molecular formula is C24H51N. The highest BCUT2D eigenvalue weighted by Gasteiger charge is 2.15. The van der Waals surface area contributed by atoms with Gasteiger partial charge in [-0.1, -0.05) is 111 Å². The fraction of sp³-hybridized carbons (Fsp3) is 1.00. The molecule has 0 spiro atoms. The molecule has 1 heteroatoms. The molecule has 0 heterocycles. The van der Waals surface area contributed by atoms with Crippen molar-refractivity contribution in [3.05, 3.63) is 0 Å². The number of hydrogen-bond acceptors (Lipinski definition) is 1. The lowest BCUT2D eigenvalue weighted by molar-refractivity contribution is 0.173. The topological polar surface area (TPSA) is 3.24 Å². The highest BCUT2D eigenvalue weighted by atomic mass is 15.1. The molecule has 152 valence electrons. The van der Waals surface area contributed by atoms with Crippen LogP contribution in [0.3, 0.4) is 0 Å². The summed E-state index contributed by atoms with van der Waals surface area (Å²) in [4.78, 5) is 2.81. The van der Waals surface area contributed by atoms with Crippen molar-refractivity contribution in [3.63, 3.8) is 0 Å². The first-order valence-electron chi connectivity index (χ1n) is 12.0. The second kappa shape index (κ2) is 20.3.